The number of amides is 1. The van der Waals surface area contributed by atoms with Gasteiger partial charge in [-0.2, -0.15) is 0 Å². The average Bonchev–Trinajstić information content (AvgIpc) is 3.07. The Hall–Kier alpha value is -2.54. The van der Waals surface area contributed by atoms with Crippen molar-refractivity contribution in [2.45, 2.75) is 57.0 Å². The predicted octanol–water partition coefficient (Wildman–Crippen LogP) is 4.02. The van der Waals surface area contributed by atoms with Gasteiger partial charge >= 0.3 is 0 Å². The SMILES string of the molecule is C[C@]1(N)CCN(c2c(C(=O)NC3CCCCC3)ccnc2-c2cc(F)cc(F)c2)C1. The summed E-state index contributed by atoms with van der Waals surface area (Å²) in [5.74, 6) is -1.54. The molecule has 0 unspecified atom stereocenters. The number of nitrogens with two attached hydrogens (primary N) is 1. The fraction of sp³-hybridized carbons (Fsp3) is 0.478. The lowest BCUT2D eigenvalue weighted by molar-refractivity contribution is 0.0928. The van der Waals surface area contributed by atoms with Crippen LogP contribution in [-0.4, -0.2) is 35.6 Å². The lowest BCUT2D eigenvalue weighted by Crippen LogP contribution is -2.40. The lowest BCUT2D eigenvalue weighted by Gasteiger charge is -2.27. The molecule has 2 aromatic rings. The zero-order valence-electron chi connectivity index (χ0n) is 17.3. The van der Waals surface area contributed by atoms with Crippen LogP contribution in [0.5, 0.6) is 0 Å². The Morgan fingerprint density at radius 1 is 1.20 bits per heavy atom. The summed E-state index contributed by atoms with van der Waals surface area (Å²) in [7, 11) is 0. The molecule has 1 aliphatic carbocycles. The molecule has 0 spiro atoms. The second-order valence-corrected chi connectivity index (χ2v) is 8.85. The number of halogens is 2. The van der Waals surface area contributed by atoms with Crippen molar-refractivity contribution < 1.29 is 13.6 Å². The molecule has 1 atom stereocenters. The van der Waals surface area contributed by atoms with Crippen LogP contribution in [0.4, 0.5) is 14.5 Å². The van der Waals surface area contributed by atoms with Crippen molar-refractivity contribution in [2.24, 2.45) is 5.73 Å². The predicted molar refractivity (Wildman–Crippen MR) is 113 cm³/mol. The summed E-state index contributed by atoms with van der Waals surface area (Å²) in [6, 6.07) is 5.15. The highest BCUT2D eigenvalue weighted by molar-refractivity contribution is 6.03. The number of carbonyl (C=O) groups is 1. The number of carbonyl (C=O) groups excluding carboxylic acids is 1. The van der Waals surface area contributed by atoms with Crippen LogP contribution in [0.2, 0.25) is 0 Å². The number of anilines is 1. The first-order chi connectivity index (χ1) is 14.3. The quantitative estimate of drug-likeness (QED) is 0.793. The second kappa shape index (κ2) is 8.30. The molecule has 1 amide bonds. The Balaban J connectivity index is 1.76. The zero-order valence-corrected chi connectivity index (χ0v) is 17.3. The van der Waals surface area contributed by atoms with E-state index in [1.165, 1.54) is 24.8 Å². The first-order valence-electron chi connectivity index (χ1n) is 10.6. The van der Waals surface area contributed by atoms with Crippen molar-refractivity contribution in [1.82, 2.24) is 10.3 Å². The number of benzene rings is 1. The third kappa shape index (κ3) is 4.46. The Bertz CT molecular complexity index is 921. The summed E-state index contributed by atoms with van der Waals surface area (Å²) < 4.78 is 27.9. The molecule has 2 aliphatic rings. The van der Waals surface area contributed by atoms with Gasteiger partial charge in [0.25, 0.3) is 5.91 Å². The Morgan fingerprint density at radius 2 is 1.90 bits per heavy atom. The Labute approximate surface area is 175 Å². The van der Waals surface area contributed by atoms with E-state index < -0.39 is 17.2 Å². The number of hydrogen-bond acceptors (Lipinski definition) is 4. The number of aromatic nitrogens is 1. The highest BCUT2D eigenvalue weighted by atomic mass is 19.1. The van der Waals surface area contributed by atoms with Gasteiger partial charge in [0, 0.05) is 42.5 Å². The smallest absolute Gasteiger partial charge is 0.253 e. The lowest BCUT2D eigenvalue weighted by atomic mass is 9.95. The molecule has 160 valence electrons. The molecule has 1 saturated carbocycles. The van der Waals surface area contributed by atoms with E-state index in [2.05, 4.69) is 10.3 Å². The molecule has 2 heterocycles. The molecule has 1 aliphatic heterocycles. The zero-order chi connectivity index (χ0) is 21.3. The van der Waals surface area contributed by atoms with Crippen molar-refractivity contribution >= 4 is 11.6 Å². The standard InChI is InChI=1S/C23H28F2N4O/c1-23(26)8-10-29(14-23)21-19(22(30)28-18-5-3-2-4-6-18)7-9-27-20(21)15-11-16(24)13-17(25)12-15/h7,9,11-13,18H,2-6,8,10,14,26H2,1H3,(H,28,30)/t23-/m0/s1. The summed E-state index contributed by atoms with van der Waals surface area (Å²) in [5.41, 5.74) is 7.68. The van der Waals surface area contributed by atoms with Crippen molar-refractivity contribution in [2.75, 3.05) is 18.0 Å². The van der Waals surface area contributed by atoms with Crippen molar-refractivity contribution in [1.29, 1.82) is 0 Å². The minimum atomic E-state index is -0.681. The Kier molecular flexibility index (Phi) is 5.73. The molecule has 0 bridgehead atoms. The van der Waals surface area contributed by atoms with Gasteiger partial charge in [-0.1, -0.05) is 19.3 Å². The summed E-state index contributed by atoms with van der Waals surface area (Å²) in [5, 5.41) is 3.15. The molecule has 30 heavy (non-hydrogen) atoms. The third-order valence-corrected chi connectivity index (χ3v) is 6.07. The number of rotatable bonds is 4. The van der Waals surface area contributed by atoms with E-state index in [4.69, 9.17) is 5.73 Å². The van der Waals surface area contributed by atoms with Gasteiger partial charge in [0.15, 0.2) is 0 Å². The maximum atomic E-state index is 13.9. The van der Waals surface area contributed by atoms with Gasteiger partial charge in [0.05, 0.1) is 16.9 Å². The summed E-state index contributed by atoms with van der Waals surface area (Å²) in [6.45, 7) is 3.15. The molecule has 1 aromatic heterocycles. The van der Waals surface area contributed by atoms with Crippen molar-refractivity contribution in [3.05, 3.63) is 47.7 Å². The van der Waals surface area contributed by atoms with Crippen LogP contribution in [0.3, 0.4) is 0 Å². The van der Waals surface area contributed by atoms with Gasteiger partial charge in [0.2, 0.25) is 0 Å². The molecular formula is C23H28F2N4O. The maximum Gasteiger partial charge on any atom is 0.253 e. The van der Waals surface area contributed by atoms with Gasteiger partial charge < -0.3 is 16.0 Å². The molecule has 1 saturated heterocycles. The molecular weight excluding hydrogens is 386 g/mol. The van der Waals surface area contributed by atoms with Crippen LogP contribution in [0.25, 0.3) is 11.3 Å². The minimum absolute atomic E-state index is 0.153. The number of nitrogens with zero attached hydrogens (tertiary/aromatic N) is 2. The van der Waals surface area contributed by atoms with E-state index in [9.17, 15) is 13.6 Å². The fourth-order valence-electron chi connectivity index (χ4n) is 4.54. The molecule has 2 fully saturated rings. The van der Waals surface area contributed by atoms with Gasteiger partial charge in [-0.05, 0) is 44.4 Å². The topological polar surface area (TPSA) is 71.2 Å². The molecule has 5 nitrogen and oxygen atoms in total. The van der Waals surface area contributed by atoms with E-state index >= 15 is 0 Å². The van der Waals surface area contributed by atoms with E-state index in [0.717, 1.165) is 38.2 Å². The van der Waals surface area contributed by atoms with Crippen LogP contribution in [0, 0.1) is 11.6 Å². The number of nitrogens with one attached hydrogen (secondary N) is 1. The van der Waals surface area contributed by atoms with E-state index in [-0.39, 0.29) is 11.9 Å². The van der Waals surface area contributed by atoms with E-state index in [0.29, 0.717) is 35.6 Å². The van der Waals surface area contributed by atoms with Crippen molar-refractivity contribution in [3.8, 4) is 11.3 Å². The molecule has 7 heteroatoms. The van der Waals surface area contributed by atoms with Crippen LogP contribution in [-0.2, 0) is 0 Å². The van der Waals surface area contributed by atoms with Crippen LogP contribution < -0.4 is 16.0 Å². The highest BCUT2D eigenvalue weighted by Crippen LogP contribution is 2.36. The average molecular weight is 415 g/mol. The number of hydrogen-bond donors (Lipinski definition) is 2. The first kappa shape index (κ1) is 20.7. The largest absolute Gasteiger partial charge is 0.367 e. The van der Waals surface area contributed by atoms with Gasteiger partial charge in [0.1, 0.15) is 11.6 Å². The number of pyridine rings is 1. The van der Waals surface area contributed by atoms with Gasteiger partial charge in [-0.3, -0.25) is 9.78 Å². The van der Waals surface area contributed by atoms with Gasteiger partial charge in [-0.25, -0.2) is 8.78 Å². The third-order valence-electron chi connectivity index (χ3n) is 6.07. The second-order valence-electron chi connectivity index (χ2n) is 8.85. The van der Waals surface area contributed by atoms with E-state index in [1.807, 2.05) is 11.8 Å². The van der Waals surface area contributed by atoms with Crippen LogP contribution in [0.1, 0.15) is 55.8 Å². The molecule has 3 N–H and O–H groups in total. The molecule has 4 rings (SSSR count). The monoisotopic (exact) mass is 414 g/mol. The summed E-state index contributed by atoms with van der Waals surface area (Å²) in [6.07, 6.45) is 7.64. The van der Waals surface area contributed by atoms with E-state index in [1.54, 1.807) is 6.07 Å². The minimum Gasteiger partial charge on any atom is -0.367 e. The van der Waals surface area contributed by atoms with Crippen molar-refractivity contribution in [3.63, 3.8) is 0 Å². The van der Waals surface area contributed by atoms with Crippen LogP contribution >= 0.6 is 0 Å². The normalized spacial score (nSPS) is 22.3. The molecule has 0 radical (unpaired) electrons. The highest BCUT2D eigenvalue weighted by Gasteiger charge is 2.34. The fourth-order valence-corrected chi connectivity index (χ4v) is 4.54. The Morgan fingerprint density at radius 3 is 2.53 bits per heavy atom. The van der Waals surface area contributed by atoms with Crippen LogP contribution in [0.15, 0.2) is 30.5 Å². The molecule has 1 aromatic carbocycles. The first-order valence-corrected chi connectivity index (χ1v) is 10.6. The maximum absolute atomic E-state index is 13.9. The van der Waals surface area contributed by atoms with Gasteiger partial charge in [-0.15, -0.1) is 0 Å². The summed E-state index contributed by atoms with van der Waals surface area (Å²) >= 11 is 0. The summed E-state index contributed by atoms with van der Waals surface area (Å²) in [4.78, 5) is 19.7.